The molecule has 0 aromatic carbocycles. The molecule has 1 aromatic rings. The van der Waals surface area contributed by atoms with E-state index in [1.54, 1.807) is 0 Å². The molecule has 26 heavy (non-hydrogen) atoms. The van der Waals surface area contributed by atoms with Gasteiger partial charge in [0.25, 0.3) is 0 Å². The van der Waals surface area contributed by atoms with Crippen LogP contribution in [0, 0.1) is 0 Å². The van der Waals surface area contributed by atoms with Gasteiger partial charge in [-0.25, -0.2) is 0 Å². The van der Waals surface area contributed by atoms with Gasteiger partial charge in [-0.1, -0.05) is 12.8 Å². The smallest absolute Gasteiger partial charge is 0.243 e. The third-order valence-electron chi connectivity index (χ3n) is 6.05. The summed E-state index contributed by atoms with van der Waals surface area (Å²) in [6.45, 7) is 0.367. The van der Waals surface area contributed by atoms with Gasteiger partial charge in [0.2, 0.25) is 17.7 Å². The third-order valence-corrected chi connectivity index (χ3v) is 6.05. The van der Waals surface area contributed by atoms with E-state index in [-0.39, 0.29) is 43.1 Å². The Hall–Kier alpha value is -2.18. The number of likely N-dealkylation sites (tertiary alicyclic amines) is 1. The summed E-state index contributed by atoms with van der Waals surface area (Å²) in [5.74, 6) is -0.584. The van der Waals surface area contributed by atoms with E-state index in [9.17, 15) is 14.4 Å². The monoisotopic (exact) mass is 358 g/mol. The maximum atomic E-state index is 13.0. The number of fused-ring (bicyclic) bond motifs is 1. The largest absolute Gasteiger partial charge is 0.332 e. The normalized spacial score (nSPS) is 20.3. The topological polar surface area (TPSA) is 75.5 Å². The molecule has 7 heteroatoms. The molecule has 1 aliphatic heterocycles. The molecular formula is C19H26N4O3. The third kappa shape index (κ3) is 3.04. The summed E-state index contributed by atoms with van der Waals surface area (Å²) >= 11 is 0. The Bertz CT molecular complexity index is 732. The Kier molecular flexibility index (Phi) is 4.54. The van der Waals surface area contributed by atoms with E-state index < -0.39 is 0 Å². The zero-order valence-electron chi connectivity index (χ0n) is 15.4. The second kappa shape index (κ2) is 6.85. The molecule has 1 saturated heterocycles. The molecule has 1 saturated carbocycles. The average Bonchev–Trinajstić information content (AvgIpc) is 3.38. The predicted molar refractivity (Wildman–Crippen MR) is 94.0 cm³/mol. The molecule has 0 N–H and O–H groups in total. The summed E-state index contributed by atoms with van der Waals surface area (Å²) in [5.41, 5.74) is 3.56. The van der Waals surface area contributed by atoms with Gasteiger partial charge in [0.05, 0.1) is 12.2 Å². The quantitative estimate of drug-likeness (QED) is 0.744. The molecule has 2 aliphatic carbocycles. The van der Waals surface area contributed by atoms with Crippen molar-refractivity contribution in [1.29, 1.82) is 0 Å². The lowest BCUT2D eigenvalue weighted by atomic mass is 10.1. The number of aryl methyl sites for hydroxylation is 1. The first-order valence-corrected chi connectivity index (χ1v) is 9.71. The molecule has 0 radical (unpaired) electrons. The fourth-order valence-electron chi connectivity index (χ4n) is 4.65. The first kappa shape index (κ1) is 17.2. The highest BCUT2D eigenvalue weighted by atomic mass is 16.2. The lowest BCUT2D eigenvalue weighted by Gasteiger charge is -2.30. The summed E-state index contributed by atoms with van der Waals surface area (Å²) in [6.07, 6.45) is 7.88. The van der Waals surface area contributed by atoms with Crippen LogP contribution < -0.4 is 0 Å². The number of amides is 3. The minimum atomic E-state index is -0.228. The molecule has 0 unspecified atom stereocenters. The van der Waals surface area contributed by atoms with Crippen molar-refractivity contribution in [2.75, 3.05) is 6.54 Å². The van der Waals surface area contributed by atoms with Gasteiger partial charge in [0.1, 0.15) is 6.54 Å². The molecule has 3 amide bonds. The van der Waals surface area contributed by atoms with Crippen molar-refractivity contribution in [3.8, 4) is 0 Å². The van der Waals surface area contributed by atoms with Crippen molar-refractivity contribution in [1.82, 2.24) is 19.6 Å². The van der Waals surface area contributed by atoms with E-state index in [1.807, 2.05) is 16.6 Å². The molecule has 140 valence electrons. The van der Waals surface area contributed by atoms with Crippen LogP contribution >= 0.6 is 0 Å². The van der Waals surface area contributed by atoms with E-state index in [0.717, 1.165) is 55.5 Å². The van der Waals surface area contributed by atoms with Crippen LogP contribution in [-0.2, 0) is 40.8 Å². The lowest BCUT2D eigenvalue weighted by Crippen LogP contribution is -2.46. The zero-order valence-corrected chi connectivity index (χ0v) is 15.4. The Morgan fingerprint density at radius 1 is 1.08 bits per heavy atom. The molecule has 1 aromatic heterocycles. The number of nitrogens with zero attached hydrogens (tertiary/aromatic N) is 4. The second-order valence-electron chi connectivity index (χ2n) is 7.68. The SMILES string of the molecule is Cn1nc(CN(C(=O)CN2C(=O)CCC2=O)C2CCCC2)c2c1CCC2. The minimum Gasteiger partial charge on any atom is -0.332 e. The van der Waals surface area contributed by atoms with Gasteiger partial charge in [-0.05, 0) is 37.7 Å². The number of carbonyl (C=O) groups excluding carboxylic acids is 3. The highest BCUT2D eigenvalue weighted by Crippen LogP contribution is 2.29. The number of carbonyl (C=O) groups is 3. The van der Waals surface area contributed by atoms with Crippen LogP contribution in [0.2, 0.25) is 0 Å². The molecule has 4 rings (SSSR count). The number of aromatic nitrogens is 2. The van der Waals surface area contributed by atoms with Gasteiger partial charge >= 0.3 is 0 Å². The second-order valence-corrected chi connectivity index (χ2v) is 7.68. The van der Waals surface area contributed by atoms with Crippen LogP contribution in [0.25, 0.3) is 0 Å². The number of hydrogen-bond acceptors (Lipinski definition) is 4. The van der Waals surface area contributed by atoms with Crippen molar-refractivity contribution < 1.29 is 14.4 Å². The molecule has 2 fully saturated rings. The van der Waals surface area contributed by atoms with E-state index in [1.165, 1.54) is 11.3 Å². The van der Waals surface area contributed by atoms with Crippen LogP contribution in [0.1, 0.15) is 61.9 Å². The number of imide groups is 1. The summed E-state index contributed by atoms with van der Waals surface area (Å²) in [6, 6.07) is 0.189. The number of rotatable bonds is 5. The van der Waals surface area contributed by atoms with Crippen molar-refractivity contribution in [2.24, 2.45) is 7.05 Å². The molecule has 0 spiro atoms. The molecule has 7 nitrogen and oxygen atoms in total. The van der Waals surface area contributed by atoms with Crippen molar-refractivity contribution >= 4 is 17.7 Å². The summed E-state index contributed by atoms with van der Waals surface area (Å²) in [4.78, 5) is 39.8. The molecule has 2 heterocycles. The standard InChI is InChI=1S/C19H26N4O3/c1-21-16-8-4-7-14(16)15(20-21)11-22(13-5-2-3-6-13)19(26)12-23-17(24)9-10-18(23)25/h13H,2-12H2,1H3. The highest BCUT2D eigenvalue weighted by Gasteiger charge is 2.35. The first-order chi connectivity index (χ1) is 12.5. The van der Waals surface area contributed by atoms with E-state index in [0.29, 0.717) is 6.54 Å². The lowest BCUT2D eigenvalue weighted by molar-refractivity contribution is -0.146. The van der Waals surface area contributed by atoms with Crippen LogP contribution in [0.4, 0.5) is 0 Å². The van der Waals surface area contributed by atoms with Crippen LogP contribution in [-0.4, -0.2) is 49.9 Å². The molecule has 0 atom stereocenters. The maximum absolute atomic E-state index is 13.0. The van der Waals surface area contributed by atoms with Gasteiger partial charge in [-0.3, -0.25) is 24.0 Å². The predicted octanol–water partition coefficient (Wildman–Crippen LogP) is 1.33. The number of hydrogen-bond donors (Lipinski definition) is 0. The van der Waals surface area contributed by atoms with Crippen LogP contribution in [0.15, 0.2) is 0 Å². The average molecular weight is 358 g/mol. The van der Waals surface area contributed by atoms with Crippen molar-refractivity contribution in [3.63, 3.8) is 0 Å². The zero-order chi connectivity index (χ0) is 18.3. The fraction of sp³-hybridized carbons (Fsp3) is 0.684. The highest BCUT2D eigenvalue weighted by molar-refractivity contribution is 6.04. The van der Waals surface area contributed by atoms with Gasteiger partial charge < -0.3 is 4.90 Å². The molecule has 0 bridgehead atoms. The Morgan fingerprint density at radius 2 is 1.77 bits per heavy atom. The van der Waals surface area contributed by atoms with Gasteiger partial charge in [-0.2, -0.15) is 5.10 Å². The van der Waals surface area contributed by atoms with E-state index in [4.69, 9.17) is 0 Å². The molecular weight excluding hydrogens is 332 g/mol. The van der Waals surface area contributed by atoms with Crippen molar-refractivity contribution in [2.45, 2.75) is 70.4 Å². The summed E-state index contributed by atoms with van der Waals surface area (Å²) in [5, 5.41) is 4.66. The molecule has 3 aliphatic rings. The van der Waals surface area contributed by atoms with E-state index >= 15 is 0 Å². The van der Waals surface area contributed by atoms with Crippen LogP contribution in [0.5, 0.6) is 0 Å². The van der Waals surface area contributed by atoms with Gasteiger partial charge in [0.15, 0.2) is 0 Å². The van der Waals surface area contributed by atoms with E-state index in [2.05, 4.69) is 5.10 Å². The van der Waals surface area contributed by atoms with Gasteiger partial charge in [0, 0.05) is 31.6 Å². The Labute approximate surface area is 153 Å². The Balaban J connectivity index is 1.55. The Morgan fingerprint density at radius 3 is 2.46 bits per heavy atom. The maximum Gasteiger partial charge on any atom is 0.243 e. The summed E-state index contributed by atoms with van der Waals surface area (Å²) < 4.78 is 1.95. The summed E-state index contributed by atoms with van der Waals surface area (Å²) in [7, 11) is 1.97. The van der Waals surface area contributed by atoms with Gasteiger partial charge in [-0.15, -0.1) is 0 Å². The van der Waals surface area contributed by atoms with Crippen LogP contribution in [0.3, 0.4) is 0 Å². The van der Waals surface area contributed by atoms with Crippen molar-refractivity contribution in [3.05, 3.63) is 17.0 Å². The first-order valence-electron chi connectivity index (χ1n) is 9.71. The fourth-order valence-corrected chi connectivity index (χ4v) is 4.65. The minimum absolute atomic E-state index is 0.122.